The summed E-state index contributed by atoms with van der Waals surface area (Å²) in [6.07, 6.45) is 3.43. The van der Waals surface area contributed by atoms with Crippen LogP contribution in [0.5, 0.6) is 0 Å². The van der Waals surface area contributed by atoms with Gasteiger partial charge in [0.05, 0.1) is 49.0 Å². The standard InChI is InChI=1S/C19H19ClN4O/c1-24(2)10-9-22-19(25)15-11-17(13-5-4-8-21-12-13)23-18-14(15)6-3-7-16(18)20/h3-8,11-12H,9-10H2,1-2H3,(H,22,25)/p+1. The molecule has 0 aliphatic rings. The molecule has 0 bridgehead atoms. The number of para-hydroxylation sites is 1. The Morgan fingerprint density at radius 2 is 2.08 bits per heavy atom. The number of hydrogen-bond donors (Lipinski definition) is 2. The van der Waals surface area contributed by atoms with Crippen LogP contribution < -0.4 is 10.2 Å². The quantitative estimate of drug-likeness (QED) is 0.734. The number of quaternary nitrogens is 1. The minimum absolute atomic E-state index is 0.124. The third-order valence-electron chi connectivity index (χ3n) is 3.90. The van der Waals surface area contributed by atoms with Gasteiger partial charge in [-0.05, 0) is 24.3 Å². The molecule has 0 unspecified atom stereocenters. The highest BCUT2D eigenvalue weighted by atomic mass is 35.5. The molecule has 0 saturated heterocycles. The molecule has 1 aromatic carbocycles. The van der Waals surface area contributed by atoms with Crippen LogP contribution in [0.3, 0.4) is 0 Å². The molecule has 2 aromatic heterocycles. The molecule has 1 amide bonds. The number of pyridine rings is 2. The van der Waals surface area contributed by atoms with Crippen LogP contribution >= 0.6 is 11.6 Å². The second kappa shape index (κ2) is 7.59. The minimum Gasteiger partial charge on any atom is -0.346 e. The van der Waals surface area contributed by atoms with Crippen molar-refractivity contribution in [1.29, 1.82) is 0 Å². The van der Waals surface area contributed by atoms with E-state index in [0.29, 0.717) is 28.3 Å². The average molecular weight is 356 g/mol. The van der Waals surface area contributed by atoms with E-state index in [1.165, 1.54) is 4.90 Å². The lowest BCUT2D eigenvalue weighted by atomic mass is 10.0. The lowest BCUT2D eigenvalue weighted by molar-refractivity contribution is -0.856. The van der Waals surface area contributed by atoms with E-state index < -0.39 is 0 Å². The SMILES string of the molecule is C[NH+](C)CCNC(=O)c1cc(-c2cccnc2)nc2c(Cl)cccc12. The van der Waals surface area contributed by atoms with Gasteiger partial charge in [-0.2, -0.15) is 0 Å². The van der Waals surface area contributed by atoms with Crippen molar-refractivity contribution in [2.75, 3.05) is 27.2 Å². The molecule has 0 aliphatic carbocycles. The average Bonchev–Trinajstić information content (AvgIpc) is 2.61. The van der Waals surface area contributed by atoms with Crippen molar-refractivity contribution in [2.24, 2.45) is 0 Å². The molecular weight excluding hydrogens is 336 g/mol. The van der Waals surface area contributed by atoms with Crippen molar-refractivity contribution >= 4 is 28.4 Å². The lowest BCUT2D eigenvalue weighted by Gasteiger charge is -2.12. The molecule has 25 heavy (non-hydrogen) atoms. The maximum atomic E-state index is 12.7. The highest BCUT2D eigenvalue weighted by Gasteiger charge is 2.15. The van der Waals surface area contributed by atoms with Gasteiger partial charge in [-0.25, -0.2) is 4.98 Å². The molecule has 2 heterocycles. The van der Waals surface area contributed by atoms with E-state index >= 15 is 0 Å². The van der Waals surface area contributed by atoms with Gasteiger partial charge in [0, 0.05) is 23.3 Å². The molecular formula is C19H20ClN4O+. The number of carbonyl (C=O) groups excluding carboxylic acids is 1. The van der Waals surface area contributed by atoms with Crippen molar-refractivity contribution in [3.05, 3.63) is 59.4 Å². The Morgan fingerprint density at radius 1 is 1.24 bits per heavy atom. The van der Waals surface area contributed by atoms with Crippen LogP contribution in [0.4, 0.5) is 0 Å². The van der Waals surface area contributed by atoms with E-state index in [1.807, 2.05) is 38.4 Å². The fraction of sp³-hybridized carbons (Fsp3) is 0.211. The van der Waals surface area contributed by atoms with Gasteiger partial charge >= 0.3 is 0 Å². The fourth-order valence-corrected chi connectivity index (χ4v) is 2.80. The summed E-state index contributed by atoms with van der Waals surface area (Å²) in [5, 5.41) is 4.24. The second-order valence-electron chi connectivity index (χ2n) is 6.15. The van der Waals surface area contributed by atoms with Crippen molar-refractivity contribution in [2.45, 2.75) is 0 Å². The predicted molar refractivity (Wildman–Crippen MR) is 100.0 cm³/mol. The summed E-state index contributed by atoms with van der Waals surface area (Å²) in [5.74, 6) is -0.124. The molecule has 0 aliphatic heterocycles. The molecule has 0 saturated carbocycles. The van der Waals surface area contributed by atoms with E-state index in [2.05, 4.69) is 15.3 Å². The Bertz CT molecular complexity index is 897. The first kappa shape index (κ1) is 17.3. The normalized spacial score (nSPS) is 11.0. The van der Waals surface area contributed by atoms with Gasteiger partial charge in [-0.15, -0.1) is 0 Å². The summed E-state index contributed by atoms with van der Waals surface area (Å²) in [6, 6.07) is 11.0. The number of carbonyl (C=O) groups is 1. The topological polar surface area (TPSA) is 59.3 Å². The van der Waals surface area contributed by atoms with Gasteiger partial charge in [0.15, 0.2) is 0 Å². The number of aromatic nitrogens is 2. The lowest BCUT2D eigenvalue weighted by Crippen LogP contribution is -3.06. The van der Waals surface area contributed by atoms with E-state index in [-0.39, 0.29) is 5.91 Å². The smallest absolute Gasteiger partial charge is 0.252 e. The third kappa shape index (κ3) is 3.95. The minimum atomic E-state index is -0.124. The molecule has 128 valence electrons. The maximum absolute atomic E-state index is 12.7. The van der Waals surface area contributed by atoms with Crippen LogP contribution in [0.2, 0.25) is 5.02 Å². The summed E-state index contributed by atoms with van der Waals surface area (Å²) >= 11 is 6.33. The Kier molecular flexibility index (Phi) is 5.26. The Labute approximate surface area is 151 Å². The molecule has 6 heteroatoms. The second-order valence-corrected chi connectivity index (χ2v) is 6.55. The van der Waals surface area contributed by atoms with E-state index in [0.717, 1.165) is 17.5 Å². The van der Waals surface area contributed by atoms with Gasteiger partial charge in [-0.1, -0.05) is 23.7 Å². The Morgan fingerprint density at radius 3 is 2.80 bits per heavy atom. The van der Waals surface area contributed by atoms with Crippen molar-refractivity contribution in [3.8, 4) is 11.3 Å². The Balaban J connectivity index is 2.06. The van der Waals surface area contributed by atoms with Crippen molar-refractivity contribution in [1.82, 2.24) is 15.3 Å². The Hall–Kier alpha value is -2.50. The molecule has 0 spiro atoms. The summed E-state index contributed by atoms with van der Waals surface area (Å²) in [4.78, 5) is 22.8. The number of amides is 1. The molecule has 3 aromatic rings. The first-order chi connectivity index (χ1) is 12.1. The molecule has 3 rings (SSSR count). The number of likely N-dealkylation sites (N-methyl/N-ethyl adjacent to an activating group) is 1. The van der Waals surface area contributed by atoms with Gasteiger partial charge in [0.25, 0.3) is 5.91 Å². The number of halogens is 1. The van der Waals surface area contributed by atoms with Crippen molar-refractivity contribution in [3.63, 3.8) is 0 Å². The number of benzene rings is 1. The van der Waals surface area contributed by atoms with Crippen LogP contribution in [0.25, 0.3) is 22.2 Å². The number of hydrogen-bond acceptors (Lipinski definition) is 3. The van der Waals surface area contributed by atoms with E-state index in [4.69, 9.17) is 11.6 Å². The predicted octanol–water partition coefficient (Wildman–Crippen LogP) is 1.82. The van der Waals surface area contributed by atoms with Gasteiger partial charge in [0.2, 0.25) is 0 Å². The van der Waals surface area contributed by atoms with Gasteiger partial charge in [-0.3, -0.25) is 9.78 Å². The molecule has 0 fully saturated rings. The van der Waals surface area contributed by atoms with Crippen LogP contribution in [0, 0.1) is 0 Å². The fourth-order valence-electron chi connectivity index (χ4n) is 2.58. The number of nitrogens with zero attached hydrogens (tertiary/aromatic N) is 2. The van der Waals surface area contributed by atoms with Gasteiger partial charge < -0.3 is 10.2 Å². The summed E-state index contributed by atoms with van der Waals surface area (Å²) < 4.78 is 0. The molecule has 0 radical (unpaired) electrons. The monoisotopic (exact) mass is 355 g/mol. The summed E-state index contributed by atoms with van der Waals surface area (Å²) in [7, 11) is 4.10. The highest BCUT2D eigenvalue weighted by molar-refractivity contribution is 6.35. The van der Waals surface area contributed by atoms with E-state index in [1.54, 1.807) is 24.5 Å². The third-order valence-corrected chi connectivity index (χ3v) is 4.21. The van der Waals surface area contributed by atoms with Crippen LogP contribution in [-0.2, 0) is 0 Å². The molecule has 2 N–H and O–H groups in total. The van der Waals surface area contributed by atoms with Crippen LogP contribution in [-0.4, -0.2) is 43.1 Å². The first-order valence-electron chi connectivity index (χ1n) is 8.13. The van der Waals surface area contributed by atoms with E-state index in [9.17, 15) is 4.79 Å². The maximum Gasteiger partial charge on any atom is 0.252 e. The largest absolute Gasteiger partial charge is 0.346 e. The van der Waals surface area contributed by atoms with Gasteiger partial charge in [0.1, 0.15) is 0 Å². The first-order valence-corrected chi connectivity index (χ1v) is 8.51. The van der Waals surface area contributed by atoms with Crippen LogP contribution in [0.1, 0.15) is 10.4 Å². The number of nitrogens with one attached hydrogen (secondary N) is 2. The van der Waals surface area contributed by atoms with Crippen LogP contribution in [0.15, 0.2) is 48.8 Å². The highest BCUT2D eigenvalue weighted by Crippen LogP contribution is 2.28. The zero-order valence-corrected chi connectivity index (χ0v) is 15.0. The molecule has 0 atom stereocenters. The number of fused-ring (bicyclic) bond motifs is 1. The molecule has 5 nitrogen and oxygen atoms in total. The number of rotatable bonds is 5. The summed E-state index contributed by atoms with van der Waals surface area (Å²) in [6.45, 7) is 1.46. The zero-order valence-electron chi connectivity index (χ0n) is 14.2. The summed E-state index contributed by atoms with van der Waals surface area (Å²) in [5.41, 5.74) is 2.71. The zero-order chi connectivity index (χ0) is 17.8. The van der Waals surface area contributed by atoms with Crippen molar-refractivity contribution < 1.29 is 9.69 Å².